The molecule has 0 heterocycles. The van der Waals surface area contributed by atoms with Crippen molar-refractivity contribution in [3.63, 3.8) is 0 Å². The number of methoxy groups -OCH3 is 1. The molecular weight excluding hydrogens is 322 g/mol. The molecule has 0 aliphatic heterocycles. The van der Waals surface area contributed by atoms with Crippen LogP contribution in [0.2, 0.25) is 5.02 Å². The lowest BCUT2D eigenvalue weighted by Gasteiger charge is -2.17. The van der Waals surface area contributed by atoms with Gasteiger partial charge in [-0.15, -0.1) is 0 Å². The maximum atomic E-state index is 12.2. The molecule has 0 bridgehead atoms. The first-order valence-electron chi connectivity index (χ1n) is 5.76. The van der Waals surface area contributed by atoms with Crippen molar-refractivity contribution in [3.8, 4) is 0 Å². The van der Waals surface area contributed by atoms with Gasteiger partial charge >= 0.3 is 11.9 Å². The molecule has 0 spiro atoms. The van der Waals surface area contributed by atoms with E-state index in [-0.39, 0.29) is 28.4 Å². The van der Waals surface area contributed by atoms with E-state index < -0.39 is 22.0 Å². The van der Waals surface area contributed by atoms with Crippen molar-refractivity contribution in [2.24, 2.45) is 0 Å². The Morgan fingerprint density at radius 2 is 2.00 bits per heavy atom. The standard InChI is InChI=1S/C12H14ClNO6S/c1-14(6-5-11(15)20-2)21(18,19)8-3-4-9(12(16)17)10(13)7-8/h3-4,7H,5-6H2,1-2H3,(H,16,17). The van der Waals surface area contributed by atoms with Gasteiger partial charge in [-0.2, -0.15) is 0 Å². The molecule has 0 aromatic heterocycles. The third-order valence-corrected chi connectivity index (χ3v) is 4.90. The van der Waals surface area contributed by atoms with Gasteiger partial charge < -0.3 is 9.84 Å². The molecule has 0 aliphatic rings. The normalized spacial score (nSPS) is 11.4. The fraction of sp³-hybridized carbons (Fsp3) is 0.333. The van der Waals surface area contributed by atoms with Crippen molar-refractivity contribution < 1.29 is 27.9 Å². The highest BCUT2D eigenvalue weighted by Crippen LogP contribution is 2.23. The smallest absolute Gasteiger partial charge is 0.337 e. The molecule has 0 fully saturated rings. The van der Waals surface area contributed by atoms with Crippen molar-refractivity contribution in [1.82, 2.24) is 4.31 Å². The summed E-state index contributed by atoms with van der Waals surface area (Å²) in [7, 11) is -1.35. The predicted molar refractivity (Wildman–Crippen MR) is 74.9 cm³/mol. The van der Waals surface area contributed by atoms with Gasteiger partial charge in [-0.3, -0.25) is 4.79 Å². The molecule has 1 aromatic rings. The highest BCUT2D eigenvalue weighted by atomic mass is 35.5. The molecule has 0 radical (unpaired) electrons. The number of esters is 1. The van der Waals surface area contributed by atoms with E-state index in [0.29, 0.717) is 0 Å². The predicted octanol–water partition coefficient (Wildman–Crippen LogP) is 1.22. The zero-order chi connectivity index (χ0) is 16.2. The van der Waals surface area contributed by atoms with E-state index in [4.69, 9.17) is 16.7 Å². The molecule has 7 nitrogen and oxygen atoms in total. The number of hydrogen-bond acceptors (Lipinski definition) is 5. The van der Waals surface area contributed by atoms with Crippen molar-refractivity contribution in [1.29, 1.82) is 0 Å². The van der Waals surface area contributed by atoms with Crippen LogP contribution in [0.3, 0.4) is 0 Å². The number of benzene rings is 1. The second-order valence-electron chi connectivity index (χ2n) is 4.10. The van der Waals surface area contributed by atoms with Crippen LogP contribution in [0.1, 0.15) is 16.8 Å². The number of carbonyl (C=O) groups excluding carboxylic acids is 1. The molecule has 0 saturated heterocycles. The minimum atomic E-state index is -3.86. The number of sulfonamides is 1. The number of carboxylic acid groups (broad SMARTS) is 1. The van der Waals surface area contributed by atoms with Crippen molar-refractivity contribution in [3.05, 3.63) is 28.8 Å². The van der Waals surface area contributed by atoms with Gasteiger partial charge in [0, 0.05) is 13.6 Å². The van der Waals surface area contributed by atoms with E-state index in [1.165, 1.54) is 14.2 Å². The largest absolute Gasteiger partial charge is 0.478 e. The molecule has 0 unspecified atom stereocenters. The third-order valence-electron chi connectivity index (χ3n) is 2.74. The molecule has 116 valence electrons. The van der Waals surface area contributed by atoms with Crippen LogP contribution in [-0.2, 0) is 19.6 Å². The van der Waals surface area contributed by atoms with Crippen molar-refractivity contribution >= 4 is 33.6 Å². The number of carboxylic acids is 1. The zero-order valence-electron chi connectivity index (χ0n) is 11.4. The Hall–Kier alpha value is -1.64. The van der Waals surface area contributed by atoms with Gasteiger partial charge in [0.2, 0.25) is 10.0 Å². The highest BCUT2D eigenvalue weighted by Gasteiger charge is 2.23. The Bertz CT molecular complexity index is 658. The first-order chi connectivity index (χ1) is 9.70. The average Bonchev–Trinajstić information content (AvgIpc) is 2.43. The van der Waals surface area contributed by atoms with Crippen LogP contribution >= 0.6 is 11.6 Å². The summed E-state index contributed by atoms with van der Waals surface area (Å²) in [4.78, 5) is 21.7. The molecule has 0 atom stereocenters. The Kier molecular flexibility index (Phi) is 5.70. The molecule has 1 aromatic carbocycles. The number of carbonyl (C=O) groups is 2. The summed E-state index contributed by atoms with van der Waals surface area (Å²) in [6.07, 6.45) is -0.0901. The van der Waals surface area contributed by atoms with Gasteiger partial charge in [-0.25, -0.2) is 17.5 Å². The maximum absolute atomic E-state index is 12.2. The minimum Gasteiger partial charge on any atom is -0.478 e. The monoisotopic (exact) mass is 335 g/mol. The molecule has 9 heteroatoms. The Labute approximate surface area is 127 Å². The first kappa shape index (κ1) is 17.4. The number of rotatable bonds is 6. The van der Waals surface area contributed by atoms with Gasteiger partial charge in [0.15, 0.2) is 0 Å². The van der Waals surface area contributed by atoms with E-state index in [0.717, 1.165) is 22.5 Å². The van der Waals surface area contributed by atoms with Gasteiger partial charge in [-0.1, -0.05) is 11.6 Å². The molecule has 1 rings (SSSR count). The summed E-state index contributed by atoms with van der Waals surface area (Å²) in [6.45, 7) is -0.0622. The molecule has 0 aliphatic carbocycles. The number of nitrogens with zero attached hydrogens (tertiary/aromatic N) is 1. The number of hydrogen-bond donors (Lipinski definition) is 1. The highest BCUT2D eigenvalue weighted by molar-refractivity contribution is 7.89. The Morgan fingerprint density at radius 1 is 1.38 bits per heavy atom. The minimum absolute atomic E-state index is 0.0622. The third kappa shape index (κ3) is 4.16. The van der Waals surface area contributed by atoms with E-state index in [1.807, 2.05) is 0 Å². The number of halogens is 1. The number of ether oxygens (including phenoxy) is 1. The van der Waals surface area contributed by atoms with Crippen LogP contribution in [-0.4, -0.2) is 50.5 Å². The SMILES string of the molecule is COC(=O)CCN(C)S(=O)(=O)c1ccc(C(=O)O)c(Cl)c1. The Morgan fingerprint density at radius 3 is 2.48 bits per heavy atom. The quantitative estimate of drug-likeness (QED) is 0.784. The Balaban J connectivity index is 3.00. The van der Waals surface area contributed by atoms with E-state index >= 15 is 0 Å². The van der Waals surface area contributed by atoms with Crippen LogP contribution in [0.15, 0.2) is 23.1 Å². The summed E-state index contributed by atoms with van der Waals surface area (Å²) < 4.78 is 29.9. The van der Waals surface area contributed by atoms with E-state index in [1.54, 1.807) is 0 Å². The first-order valence-corrected chi connectivity index (χ1v) is 7.58. The lowest BCUT2D eigenvalue weighted by molar-refractivity contribution is -0.140. The lowest BCUT2D eigenvalue weighted by atomic mass is 10.2. The van der Waals surface area contributed by atoms with Gasteiger partial charge in [-0.05, 0) is 18.2 Å². The van der Waals surface area contributed by atoms with Gasteiger partial charge in [0.1, 0.15) is 0 Å². The van der Waals surface area contributed by atoms with Crippen LogP contribution in [0, 0.1) is 0 Å². The molecule has 1 N–H and O–H groups in total. The molecule has 21 heavy (non-hydrogen) atoms. The maximum Gasteiger partial charge on any atom is 0.337 e. The van der Waals surface area contributed by atoms with Crippen LogP contribution in [0.5, 0.6) is 0 Å². The van der Waals surface area contributed by atoms with Crippen molar-refractivity contribution in [2.45, 2.75) is 11.3 Å². The van der Waals surface area contributed by atoms with Gasteiger partial charge in [0.05, 0.1) is 29.0 Å². The average molecular weight is 336 g/mol. The van der Waals surface area contributed by atoms with Crippen LogP contribution in [0.4, 0.5) is 0 Å². The summed E-state index contributed by atoms with van der Waals surface area (Å²) >= 11 is 5.75. The van der Waals surface area contributed by atoms with E-state index in [9.17, 15) is 18.0 Å². The summed E-state index contributed by atoms with van der Waals surface area (Å²) in [5, 5.41) is 8.67. The van der Waals surface area contributed by atoms with Crippen molar-refractivity contribution in [2.75, 3.05) is 20.7 Å². The number of aromatic carboxylic acids is 1. The summed E-state index contributed by atoms with van der Waals surface area (Å²) in [6, 6.07) is 3.33. The zero-order valence-corrected chi connectivity index (χ0v) is 12.9. The second-order valence-corrected chi connectivity index (χ2v) is 6.55. The summed E-state index contributed by atoms with van der Waals surface area (Å²) in [5.74, 6) is -1.78. The molecule has 0 saturated carbocycles. The lowest BCUT2D eigenvalue weighted by Crippen LogP contribution is -2.29. The van der Waals surface area contributed by atoms with Gasteiger partial charge in [0.25, 0.3) is 0 Å². The summed E-state index contributed by atoms with van der Waals surface area (Å²) in [5.41, 5.74) is -0.187. The fourth-order valence-corrected chi connectivity index (χ4v) is 3.01. The molecular formula is C12H14ClNO6S. The van der Waals surface area contributed by atoms with Crippen LogP contribution < -0.4 is 0 Å². The van der Waals surface area contributed by atoms with Crippen LogP contribution in [0.25, 0.3) is 0 Å². The fourth-order valence-electron chi connectivity index (χ4n) is 1.48. The second kappa shape index (κ2) is 6.88. The topological polar surface area (TPSA) is 101 Å². The molecule has 0 amide bonds. The van der Waals surface area contributed by atoms with E-state index in [2.05, 4.69) is 4.74 Å².